The molecule has 0 unspecified atom stereocenters. The molecule has 21 heavy (non-hydrogen) atoms. The van der Waals surface area contributed by atoms with E-state index in [1.165, 1.54) is 0 Å². The second-order valence-corrected chi connectivity index (χ2v) is 6.01. The molecule has 0 heterocycles. The van der Waals surface area contributed by atoms with Crippen LogP contribution in [0.2, 0.25) is 0 Å². The lowest BCUT2D eigenvalue weighted by molar-refractivity contribution is -0.117. The summed E-state index contributed by atoms with van der Waals surface area (Å²) in [6.07, 6.45) is 0. The zero-order valence-electron chi connectivity index (χ0n) is 12.2. The second-order valence-electron chi connectivity index (χ2n) is 5.10. The molecule has 0 aromatic heterocycles. The summed E-state index contributed by atoms with van der Waals surface area (Å²) in [5.41, 5.74) is 12.2. The summed E-state index contributed by atoms with van der Waals surface area (Å²) in [4.78, 5) is 24.0. The number of nitrogens with two attached hydrogens (primary N) is 2. The predicted octanol–water partition coefficient (Wildman–Crippen LogP) is 0.724. The summed E-state index contributed by atoms with van der Waals surface area (Å²) in [6.45, 7) is 4.59. The van der Waals surface area contributed by atoms with Crippen LogP contribution in [0, 0.1) is 0 Å². The van der Waals surface area contributed by atoms with Gasteiger partial charge >= 0.3 is 0 Å². The molecule has 0 atom stereocenters. The molecule has 0 saturated carbocycles. The van der Waals surface area contributed by atoms with Crippen LogP contribution in [0.25, 0.3) is 0 Å². The Labute approximate surface area is 133 Å². The minimum absolute atomic E-state index is 0.0614. The van der Waals surface area contributed by atoms with Crippen LogP contribution in [0.5, 0.6) is 0 Å². The molecular formula is C14H21BrN4O2. The molecule has 5 N–H and O–H groups in total. The average Bonchev–Trinajstić information content (AvgIpc) is 2.35. The Morgan fingerprint density at radius 3 is 2.29 bits per heavy atom. The standard InChI is InChI=1S/C14H21BrN4O2/c1-9(2)18-6-10-3-4-11(15)5-12(10)19(7-13(16)20)8-14(17)21/h3-5,9,18H,6-8H2,1-2H3,(H2,16,20)(H2,17,21). The van der Waals surface area contributed by atoms with Gasteiger partial charge in [0, 0.05) is 22.7 Å². The van der Waals surface area contributed by atoms with Crippen molar-refractivity contribution in [2.75, 3.05) is 18.0 Å². The molecule has 0 aliphatic rings. The van der Waals surface area contributed by atoms with Crippen molar-refractivity contribution >= 4 is 33.4 Å². The van der Waals surface area contributed by atoms with Gasteiger partial charge in [-0.05, 0) is 17.7 Å². The molecule has 0 radical (unpaired) electrons. The number of carbonyl (C=O) groups is 2. The van der Waals surface area contributed by atoms with E-state index in [0.29, 0.717) is 12.6 Å². The Morgan fingerprint density at radius 1 is 1.24 bits per heavy atom. The van der Waals surface area contributed by atoms with E-state index < -0.39 is 11.8 Å². The maximum Gasteiger partial charge on any atom is 0.236 e. The molecule has 0 aliphatic heterocycles. The Balaban J connectivity index is 3.10. The van der Waals surface area contributed by atoms with Crippen LogP contribution in [0.4, 0.5) is 5.69 Å². The first-order valence-electron chi connectivity index (χ1n) is 6.63. The number of nitrogens with zero attached hydrogens (tertiary/aromatic N) is 1. The van der Waals surface area contributed by atoms with Gasteiger partial charge in [0.15, 0.2) is 0 Å². The van der Waals surface area contributed by atoms with Gasteiger partial charge in [0.05, 0.1) is 13.1 Å². The van der Waals surface area contributed by atoms with Crippen molar-refractivity contribution in [1.29, 1.82) is 0 Å². The summed E-state index contributed by atoms with van der Waals surface area (Å²) in [5, 5.41) is 3.31. The van der Waals surface area contributed by atoms with E-state index in [4.69, 9.17) is 11.5 Å². The van der Waals surface area contributed by atoms with E-state index in [1.807, 2.05) is 32.0 Å². The lowest BCUT2D eigenvalue weighted by Crippen LogP contribution is -2.40. The second kappa shape index (κ2) is 7.99. The molecule has 1 aromatic rings. The van der Waals surface area contributed by atoms with Crippen molar-refractivity contribution in [3.63, 3.8) is 0 Å². The molecule has 0 saturated heterocycles. The van der Waals surface area contributed by atoms with Crippen LogP contribution in [-0.4, -0.2) is 30.9 Å². The Bertz CT molecular complexity index is 504. The molecule has 2 amide bonds. The first-order valence-corrected chi connectivity index (χ1v) is 7.42. The van der Waals surface area contributed by atoms with E-state index in [9.17, 15) is 9.59 Å². The molecule has 1 aromatic carbocycles. The van der Waals surface area contributed by atoms with Gasteiger partial charge in [0.2, 0.25) is 11.8 Å². The van der Waals surface area contributed by atoms with Gasteiger partial charge < -0.3 is 21.7 Å². The van der Waals surface area contributed by atoms with Crippen molar-refractivity contribution in [3.05, 3.63) is 28.2 Å². The van der Waals surface area contributed by atoms with E-state index in [2.05, 4.69) is 21.2 Å². The summed E-state index contributed by atoms with van der Waals surface area (Å²) in [5.74, 6) is -1.03. The number of rotatable bonds is 8. The highest BCUT2D eigenvalue weighted by Crippen LogP contribution is 2.25. The zero-order valence-corrected chi connectivity index (χ0v) is 13.8. The number of halogens is 1. The topological polar surface area (TPSA) is 101 Å². The van der Waals surface area contributed by atoms with Crippen molar-refractivity contribution in [3.8, 4) is 0 Å². The fourth-order valence-electron chi connectivity index (χ4n) is 1.90. The number of hydrogen-bond acceptors (Lipinski definition) is 4. The first-order chi connectivity index (χ1) is 9.79. The summed E-state index contributed by atoms with van der Waals surface area (Å²) >= 11 is 3.40. The van der Waals surface area contributed by atoms with Crippen LogP contribution in [-0.2, 0) is 16.1 Å². The number of carbonyl (C=O) groups excluding carboxylic acids is 2. The van der Waals surface area contributed by atoms with E-state index in [0.717, 1.165) is 15.7 Å². The number of anilines is 1. The highest BCUT2D eigenvalue weighted by atomic mass is 79.9. The van der Waals surface area contributed by atoms with Crippen molar-refractivity contribution in [2.24, 2.45) is 11.5 Å². The van der Waals surface area contributed by atoms with Gasteiger partial charge in [-0.1, -0.05) is 35.8 Å². The molecule has 116 valence electrons. The molecule has 0 bridgehead atoms. The van der Waals surface area contributed by atoms with Gasteiger partial charge in [-0.3, -0.25) is 9.59 Å². The quantitative estimate of drug-likeness (QED) is 0.638. The van der Waals surface area contributed by atoms with Crippen molar-refractivity contribution < 1.29 is 9.59 Å². The lowest BCUT2D eigenvalue weighted by Gasteiger charge is -2.25. The van der Waals surface area contributed by atoms with E-state index >= 15 is 0 Å². The molecule has 6 nitrogen and oxygen atoms in total. The van der Waals surface area contributed by atoms with Crippen molar-refractivity contribution in [1.82, 2.24) is 5.32 Å². The molecule has 0 spiro atoms. The molecule has 0 aliphatic carbocycles. The fourth-order valence-corrected chi connectivity index (χ4v) is 2.25. The van der Waals surface area contributed by atoms with E-state index in [-0.39, 0.29) is 13.1 Å². The smallest absolute Gasteiger partial charge is 0.236 e. The summed E-state index contributed by atoms with van der Waals surface area (Å²) < 4.78 is 0.852. The summed E-state index contributed by atoms with van der Waals surface area (Å²) in [7, 11) is 0. The maximum absolute atomic E-state index is 11.2. The van der Waals surface area contributed by atoms with Crippen LogP contribution in [0.3, 0.4) is 0 Å². The first kappa shape index (κ1) is 17.5. The zero-order chi connectivity index (χ0) is 16.0. The normalized spacial score (nSPS) is 10.7. The molecular weight excluding hydrogens is 336 g/mol. The highest BCUT2D eigenvalue weighted by Gasteiger charge is 2.16. The maximum atomic E-state index is 11.2. The highest BCUT2D eigenvalue weighted by molar-refractivity contribution is 9.10. The molecule has 0 fully saturated rings. The average molecular weight is 357 g/mol. The summed E-state index contributed by atoms with van der Waals surface area (Å²) in [6, 6.07) is 6.02. The fraction of sp³-hybridized carbons (Fsp3) is 0.429. The Kier molecular flexibility index (Phi) is 6.64. The van der Waals surface area contributed by atoms with Gasteiger partial charge in [-0.15, -0.1) is 0 Å². The third-order valence-electron chi connectivity index (χ3n) is 2.78. The monoisotopic (exact) mass is 356 g/mol. The van der Waals surface area contributed by atoms with E-state index in [1.54, 1.807) is 4.90 Å². The lowest BCUT2D eigenvalue weighted by atomic mass is 10.1. The molecule has 1 rings (SSSR count). The predicted molar refractivity (Wildman–Crippen MR) is 86.7 cm³/mol. The Hall–Kier alpha value is -1.60. The van der Waals surface area contributed by atoms with Crippen LogP contribution >= 0.6 is 15.9 Å². The van der Waals surface area contributed by atoms with Gasteiger partial charge in [0.25, 0.3) is 0 Å². The number of amides is 2. The van der Waals surface area contributed by atoms with Gasteiger partial charge in [0.1, 0.15) is 0 Å². The number of nitrogens with one attached hydrogen (secondary N) is 1. The Morgan fingerprint density at radius 2 is 1.81 bits per heavy atom. The number of benzene rings is 1. The minimum Gasteiger partial charge on any atom is -0.368 e. The van der Waals surface area contributed by atoms with Crippen LogP contribution in [0.15, 0.2) is 22.7 Å². The molecule has 7 heteroatoms. The third kappa shape index (κ3) is 6.14. The SMILES string of the molecule is CC(C)NCc1ccc(Br)cc1N(CC(N)=O)CC(N)=O. The number of primary amides is 2. The van der Waals surface area contributed by atoms with Gasteiger partial charge in [-0.2, -0.15) is 0 Å². The van der Waals surface area contributed by atoms with Crippen molar-refractivity contribution in [2.45, 2.75) is 26.4 Å². The largest absolute Gasteiger partial charge is 0.368 e. The minimum atomic E-state index is -0.515. The van der Waals surface area contributed by atoms with Crippen LogP contribution < -0.4 is 21.7 Å². The third-order valence-corrected chi connectivity index (χ3v) is 3.28. The van der Waals surface area contributed by atoms with Gasteiger partial charge in [-0.25, -0.2) is 0 Å². The van der Waals surface area contributed by atoms with Crippen LogP contribution in [0.1, 0.15) is 19.4 Å². The number of hydrogen-bond donors (Lipinski definition) is 3.